The molecule has 0 aliphatic heterocycles. The van der Waals surface area contributed by atoms with Crippen molar-refractivity contribution in [1.82, 2.24) is 0 Å². The molecule has 0 aromatic heterocycles. The van der Waals surface area contributed by atoms with Crippen LogP contribution < -0.4 is 4.74 Å². The van der Waals surface area contributed by atoms with Gasteiger partial charge in [0.2, 0.25) is 0 Å². The fourth-order valence-electron chi connectivity index (χ4n) is 2.52. The minimum atomic E-state index is 0.0182. The summed E-state index contributed by atoms with van der Waals surface area (Å²) in [5.41, 5.74) is 2.94. The maximum Gasteiger partial charge on any atom is 0.163 e. The Hall–Kier alpha value is -2.61. The second kappa shape index (κ2) is 6.02. The first-order valence-corrected chi connectivity index (χ1v) is 7.36. The summed E-state index contributed by atoms with van der Waals surface area (Å²) < 4.78 is 6.02. The van der Waals surface area contributed by atoms with Gasteiger partial charge in [0, 0.05) is 5.39 Å². The van der Waals surface area contributed by atoms with Crippen molar-refractivity contribution in [2.24, 2.45) is 0 Å². The smallest absolute Gasteiger partial charge is 0.163 e. The fourth-order valence-corrected chi connectivity index (χ4v) is 2.52. The number of aryl methyl sites for hydroxylation is 1. The molecule has 0 unspecified atom stereocenters. The molecule has 3 rings (SSSR count). The molecule has 0 N–H and O–H groups in total. The number of carbonyl (C=O) groups is 1. The highest BCUT2D eigenvalue weighted by molar-refractivity contribution is 6.03. The Kier molecular flexibility index (Phi) is 3.92. The van der Waals surface area contributed by atoms with Crippen LogP contribution in [0.1, 0.15) is 28.4 Å². The van der Waals surface area contributed by atoms with Gasteiger partial charge in [-0.25, -0.2) is 0 Å². The molecule has 2 nitrogen and oxygen atoms in total. The van der Waals surface area contributed by atoms with E-state index in [2.05, 4.69) is 19.1 Å². The molecule has 0 saturated heterocycles. The third-order valence-electron chi connectivity index (χ3n) is 3.76. The summed E-state index contributed by atoms with van der Waals surface area (Å²) in [5.74, 6) is 0.691. The normalized spacial score (nSPS) is 10.6. The summed E-state index contributed by atoms with van der Waals surface area (Å²) in [5, 5.41) is 2.05. The van der Waals surface area contributed by atoms with Crippen LogP contribution in [-0.4, -0.2) is 5.78 Å². The zero-order valence-corrected chi connectivity index (χ0v) is 12.8. The van der Waals surface area contributed by atoms with Crippen LogP contribution >= 0.6 is 0 Å². The molecule has 0 aliphatic carbocycles. The molecule has 110 valence electrons. The maximum absolute atomic E-state index is 11.9. The number of hydrogen-bond donors (Lipinski definition) is 0. The van der Waals surface area contributed by atoms with Gasteiger partial charge in [0.1, 0.15) is 12.4 Å². The fraction of sp³-hybridized carbons (Fsp3) is 0.150. The highest BCUT2D eigenvalue weighted by atomic mass is 16.5. The first kappa shape index (κ1) is 14.3. The molecule has 0 atom stereocenters. The number of hydrogen-bond acceptors (Lipinski definition) is 2. The highest BCUT2D eigenvalue weighted by Crippen LogP contribution is 2.31. The topological polar surface area (TPSA) is 26.3 Å². The highest BCUT2D eigenvalue weighted by Gasteiger charge is 2.12. The number of benzene rings is 3. The second-order valence-electron chi connectivity index (χ2n) is 5.49. The Bertz CT molecular complexity index is 817. The van der Waals surface area contributed by atoms with Crippen LogP contribution in [0.25, 0.3) is 10.8 Å². The van der Waals surface area contributed by atoms with Crippen LogP contribution in [-0.2, 0) is 6.61 Å². The number of rotatable bonds is 4. The Morgan fingerprint density at radius 1 is 0.955 bits per heavy atom. The lowest BCUT2D eigenvalue weighted by Gasteiger charge is -2.13. The molecule has 0 bridgehead atoms. The summed E-state index contributed by atoms with van der Waals surface area (Å²) in [4.78, 5) is 11.9. The van der Waals surface area contributed by atoms with Gasteiger partial charge >= 0.3 is 0 Å². The number of fused-ring (bicyclic) bond motifs is 1. The van der Waals surface area contributed by atoms with E-state index in [4.69, 9.17) is 4.74 Å². The van der Waals surface area contributed by atoms with Gasteiger partial charge in [0.15, 0.2) is 5.78 Å². The maximum atomic E-state index is 11.9. The lowest BCUT2D eigenvalue weighted by atomic mass is 10.0. The van der Waals surface area contributed by atoms with E-state index in [1.807, 2.05) is 48.5 Å². The van der Waals surface area contributed by atoms with Crippen LogP contribution in [0.4, 0.5) is 0 Å². The van der Waals surface area contributed by atoms with Crippen molar-refractivity contribution in [2.75, 3.05) is 0 Å². The molecule has 3 aromatic carbocycles. The molecule has 2 heteroatoms. The molecule has 0 spiro atoms. The average molecular weight is 290 g/mol. The largest absolute Gasteiger partial charge is 0.487 e. The van der Waals surface area contributed by atoms with E-state index >= 15 is 0 Å². The van der Waals surface area contributed by atoms with E-state index in [1.54, 1.807) is 6.92 Å². The Labute approximate surface area is 130 Å². The van der Waals surface area contributed by atoms with Crippen molar-refractivity contribution in [2.45, 2.75) is 20.5 Å². The lowest BCUT2D eigenvalue weighted by Crippen LogP contribution is -2.02. The van der Waals surface area contributed by atoms with Gasteiger partial charge < -0.3 is 4.74 Å². The predicted molar refractivity (Wildman–Crippen MR) is 89.5 cm³/mol. The number of Topliss-reactive ketones (excluding diaryl/α,β-unsaturated/α-hetero) is 1. The molecule has 0 aliphatic rings. The minimum absolute atomic E-state index is 0.0182. The van der Waals surface area contributed by atoms with Crippen LogP contribution in [0.3, 0.4) is 0 Å². The molecule has 0 amide bonds. The first-order valence-electron chi connectivity index (χ1n) is 7.36. The average Bonchev–Trinajstić information content (AvgIpc) is 2.53. The number of ether oxygens (including phenoxy) is 1. The van der Waals surface area contributed by atoms with E-state index in [9.17, 15) is 4.79 Å². The van der Waals surface area contributed by atoms with Crippen molar-refractivity contribution in [3.8, 4) is 5.75 Å². The molecule has 0 heterocycles. The number of ketones is 1. The Balaban J connectivity index is 1.98. The van der Waals surface area contributed by atoms with Crippen LogP contribution in [0, 0.1) is 6.92 Å². The standard InChI is InChI=1S/C20H18O2/c1-14-7-9-16(10-8-14)13-22-20-18(15(2)21)12-11-17-5-3-4-6-19(17)20/h3-12H,13H2,1-2H3. The van der Waals surface area contributed by atoms with Gasteiger partial charge in [0.05, 0.1) is 5.56 Å². The van der Waals surface area contributed by atoms with Crippen molar-refractivity contribution >= 4 is 16.6 Å². The lowest BCUT2D eigenvalue weighted by molar-refractivity contribution is 0.101. The third-order valence-corrected chi connectivity index (χ3v) is 3.76. The molecular formula is C20H18O2. The molecule has 0 fully saturated rings. The minimum Gasteiger partial charge on any atom is -0.487 e. The first-order chi connectivity index (χ1) is 10.6. The summed E-state index contributed by atoms with van der Waals surface area (Å²) in [6, 6.07) is 20.0. The van der Waals surface area contributed by atoms with E-state index in [0.29, 0.717) is 17.9 Å². The van der Waals surface area contributed by atoms with Crippen molar-refractivity contribution in [3.63, 3.8) is 0 Å². The van der Waals surface area contributed by atoms with E-state index < -0.39 is 0 Å². The van der Waals surface area contributed by atoms with Gasteiger partial charge in [-0.05, 0) is 30.9 Å². The summed E-state index contributed by atoms with van der Waals surface area (Å²) >= 11 is 0. The monoisotopic (exact) mass is 290 g/mol. The van der Waals surface area contributed by atoms with Crippen molar-refractivity contribution in [3.05, 3.63) is 77.4 Å². The molecule has 3 aromatic rings. The van der Waals surface area contributed by atoms with Crippen LogP contribution in [0.15, 0.2) is 60.7 Å². The Morgan fingerprint density at radius 3 is 2.41 bits per heavy atom. The molecule has 0 radical (unpaired) electrons. The van der Waals surface area contributed by atoms with E-state index in [-0.39, 0.29) is 5.78 Å². The van der Waals surface area contributed by atoms with Gasteiger partial charge in [-0.3, -0.25) is 4.79 Å². The second-order valence-corrected chi connectivity index (χ2v) is 5.49. The van der Waals surface area contributed by atoms with Gasteiger partial charge in [0.25, 0.3) is 0 Å². The van der Waals surface area contributed by atoms with Gasteiger partial charge in [-0.1, -0.05) is 60.2 Å². The van der Waals surface area contributed by atoms with E-state index in [1.165, 1.54) is 5.56 Å². The summed E-state index contributed by atoms with van der Waals surface area (Å²) in [7, 11) is 0. The van der Waals surface area contributed by atoms with Crippen LogP contribution in [0.5, 0.6) is 5.75 Å². The zero-order valence-electron chi connectivity index (χ0n) is 12.8. The molecular weight excluding hydrogens is 272 g/mol. The molecule has 0 saturated carbocycles. The predicted octanol–water partition coefficient (Wildman–Crippen LogP) is 4.93. The van der Waals surface area contributed by atoms with Gasteiger partial charge in [-0.2, -0.15) is 0 Å². The van der Waals surface area contributed by atoms with E-state index in [0.717, 1.165) is 16.3 Å². The SMILES string of the molecule is CC(=O)c1ccc2ccccc2c1OCc1ccc(C)cc1. The quantitative estimate of drug-likeness (QED) is 0.637. The number of carbonyl (C=O) groups excluding carboxylic acids is 1. The zero-order chi connectivity index (χ0) is 15.5. The van der Waals surface area contributed by atoms with Crippen LogP contribution in [0.2, 0.25) is 0 Å². The third kappa shape index (κ3) is 2.86. The summed E-state index contributed by atoms with van der Waals surface area (Å²) in [6.45, 7) is 4.08. The summed E-state index contributed by atoms with van der Waals surface area (Å²) in [6.07, 6.45) is 0. The van der Waals surface area contributed by atoms with Gasteiger partial charge in [-0.15, -0.1) is 0 Å². The Morgan fingerprint density at radius 2 is 1.68 bits per heavy atom. The molecule has 22 heavy (non-hydrogen) atoms. The van der Waals surface area contributed by atoms with Crippen molar-refractivity contribution in [1.29, 1.82) is 0 Å². The van der Waals surface area contributed by atoms with Crippen molar-refractivity contribution < 1.29 is 9.53 Å².